The molecule has 10 unspecified atom stereocenters. The zero-order valence-electron chi connectivity index (χ0n) is 31.3. The van der Waals surface area contributed by atoms with Crippen molar-refractivity contribution in [1.29, 1.82) is 0 Å². The van der Waals surface area contributed by atoms with Crippen molar-refractivity contribution in [2.75, 3.05) is 13.7 Å². The molecule has 16 atom stereocenters. The molecule has 2 saturated carbocycles. The van der Waals surface area contributed by atoms with Crippen molar-refractivity contribution in [1.82, 2.24) is 5.32 Å². The van der Waals surface area contributed by atoms with Gasteiger partial charge in [0.15, 0.2) is 12.4 Å². The highest BCUT2D eigenvalue weighted by atomic mass is 16.7. The first-order valence-corrected chi connectivity index (χ1v) is 18.9. The summed E-state index contributed by atoms with van der Waals surface area (Å²) in [7, 11) is 1.14. The van der Waals surface area contributed by atoms with Crippen LogP contribution in [0.25, 0.3) is 0 Å². The SMILES string of the molecule is COC1C(C(=O)O)OC(OC2C(O)C(COC(=O)CCC(=O)O[C@H]3[C@H](O)C[C@H]4[C@@H]5CCc6cc(O)ccc6[C@H]5CC[C@@]43C)OC(C)C2NC(C)=O)C(O)C1O. The van der Waals surface area contributed by atoms with Gasteiger partial charge in [0.25, 0.3) is 0 Å². The number of aliphatic carboxylic acids is 1. The zero-order valence-corrected chi connectivity index (χ0v) is 31.3. The molecule has 1 aromatic carbocycles. The number of phenols is 1. The first-order chi connectivity index (χ1) is 26.0. The predicted octanol–water partition coefficient (Wildman–Crippen LogP) is 0.0387. The third-order valence-corrected chi connectivity index (χ3v) is 12.5. The number of carbonyl (C=O) groups excluding carboxylic acids is 3. The second kappa shape index (κ2) is 16.6. The monoisotopic (exact) mass is 779 g/mol. The summed E-state index contributed by atoms with van der Waals surface area (Å²) in [5.74, 6) is -2.48. The van der Waals surface area contributed by atoms with E-state index in [4.69, 9.17) is 28.4 Å². The van der Waals surface area contributed by atoms with Gasteiger partial charge in [-0.2, -0.15) is 0 Å². The van der Waals surface area contributed by atoms with E-state index in [1.165, 1.54) is 12.5 Å². The van der Waals surface area contributed by atoms with Gasteiger partial charge in [0.05, 0.1) is 31.1 Å². The summed E-state index contributed by atoms with van der Waals surface area (Å²) in [5.41, 5.74) is 1.96. The molecule has 0 aromatic heterocycles. The molecule has 6 rings (SSSR count). The highest BCUT2D eigenvalue weighted by Crippen LogP contribution is 2.61. The highest BCUT2D eigenvalue weighted by Gasteiger charge is 2.60. The minimum Gasteiger partial charge on any atom is -0.508 e. The van der Waals surface area contributed by atoms with Gasteiger partial charge in [0, 0.05) is 19.4 Å². The molecule has 1 amide bonds. The number of methoxy groups -OCH3 is 1. The Morgan fingerprint density at radius 1 is 0.982 bits per heavy atom. The van der Waals surface area contributed by atoms with E-state index in [0.29, 0.717) is 18.3 Å². The van der Waals surface area contributed by atoms with E-state index in [1.807, 2.05) is 12.1 Å². The van der Waals surface area contributed by atoms with E-state index in [0.717, 1.165) is 38.4 Å². The number of ether oxygens (including phenoxy) is 6. The lowest BCUT2D eigenvalue weighted by Gasteiger charge is -2.50. The molecule has 0 bridgehead atoms. The average molecular weight is 780 g/mol. The number of aromatic hydroxyl groups is 1. The minimum atomic E-state index is -1.81. The number of fused-ring (bicyclic) bond motifs is 5. The normalized spacial score (nSPS) is 40.9. The number of phenolic OH excluding ortho intramolecular Hbond substituents is 1. The lowest BCUT2D eigenvalue weighted by Crippen LogP contribution is -2.67. The van der Waals surface area contributed by atoms with Gasteiger partial charge in [-0.15, -0.1) is 0 Å². The number of esters is 2. The standard InChI is InChI=1S/C38H53NO16/c1-16-28(39-17(2)40)32(54-37-31(47)30(46)33(50-4)34(55-37)36(48)49)29(45)25(52-16)15-51-26(43)9-10-27(44)53-35-24(42)14-23-22-7-5-18-13-19(41)6-8-20(18)21(22)11-12-38(23,35)3/h6,8,13,16,21-25,28-35,37,41-42,45-47H,5,7,9-12,14-15H2,1-4H3,(H,39,40)(H,48,49)/t16?,21-,22-,23+,24-,25?,28?,29?,30?,31?,32?,33?,34?,35+,37?,38+/m1/s1. The van der Waals surface area contributed by atoms with Crippen LogP contribution in [0.5, 0.6) is 5.75 Å². The number of benzene rings is 1. The summed E-state index contributed by atoms with van der Waals surface area (Å²) in [6.45, 7) is 4.33. The fourth-order valence-electron chi connectivity index (χ4n) is 9.84. The van der Waals surface area contributed by atoms with Gasteiger partial charge in [-0.05, 0) is 80.0 Å². The van der Waals surface area contributed by atoms with Gasteiger partial charge in [-0.1, -0.05) is 13.0 Å². The molecule has 17 nitrogen and oxygen atoms in total. The van der Waals surface area contributed by atoms with Crippen molar-refractivity contribution in [3.05, 3.63) is 29.3 Å². The number of carbonyl (C=O) groups is 4. The number of aliphatic hydroxyl groups excluding tert-OH is 4. The Bertz CT molecular complexity index is 1590. The van der Waals surface area contributed by atoms with Crippen molar-refractivity contribution in [2.24, 2.45) is 17.3 Å². The fraction of sp³-hybridized carbons (Fsp3) is 0.737. The molecule has 5 aliphatic rings. The predicted molar refractivity (Wildman–Crippen MR) is 186 cm³/mol. The van der Waals surface area contributed by atoms with Crippen LogP contribution < -0.4 is 5.32 Å². The van der Waals surface area contributed by atoms with Crippen LogP contribution in [0.15, 0.2) is 18.2 Å². The zero-order chi connectivity index (χ0) is 39.9. The summed E-state index contributed by atoms with van der Waals surface area (Å²) >= 11 is 0. The number of aliphatic hydroxyl groups is 4. The Kier molecular flexibility index (Phi) is 12.4. The van der Waals surface area contributed by atoms with Gasteiger partial charge in [0.2, 0.25) is 5.91 Å². The topological polar surface area (TPSA) is 257 Å². The first kappa shape index (κ1) is 41.2. The smallest absolute Gasteiger partial charge is 0.335 e. The number of carboxylic acids is 1. The van der Waals surface area contributed by atoms with Crippen LogP contribution in [-0.4, -0.2) is 142 Å². The molecule has 17 heteroatoms. The largest absolute Gasteiger partial charge is 0.508 e. The van der Waals surface area contributed by atoms with Crippen molar-refractivity contribution < 1.29 is 78.2 Å². The molecule has 306 valence electrons. The van der Waals surface area contributed by atoms with Gasteiger partial charge in [0.1, 0.15) is 55.1 Å². The van der Waals surface area contributed by atoms with Crippen molar-refractivity contribution in [2.45, 2.75) is 145 Å². The second-order valence-electron chi connectivity index (χ2n) is 15.9. The van der Waals surface area contributed by atoms with Crippen LogP contribution in [0.4, 0.5) is 0 Å². The average Bonchev–Trinajstić information content (AvgIpc) is 3.39. The number of hydrogen-bond donors (Lipinski definition) is 7. The molecule has 2 heterocycles. The minimum absolute atomic E-state index is 0.132. The number of nitrogens with one attached hydrogen (secondary N) is 1. The van der Waals surface area contributed by atoms with Crippen LogP contribution in [0.3, 0.4) is 0 Å². The van der Waals surface area contributed by atoms with Crippen LogP contribution in [0.2, 0.25) is 0 Å². The molecule has 7 N–H and O–H groups in total. The van der Waals surface area contributed by atoms with Crippen LogP contribution in [0.1, 0.15) is 76.3 Å². The molecule has 1 aromatic rings. The summed E-state index contributed by atoms with van der Waals surface area (Å²) < 4.78 is 33.4. The number of aryl methyl sites for hydroxylation is 1. The summed E-state index contributed by atoms with van der Waals surface area (Å²) in [4.78, 5) is 49.8. The van der Waals surface area contributed by atoms with E-state index in [1.54, 1.807) is 13.0 Å². The van der Waals surface area contributed by atoms with Gasteiger partial charge in [-0.3, -0.25) is 14.4 Å². The highest BCUT2D eigenvalue weighted by molar-refractivity contribution is 5.78. The third kappa shape index (κ3) is 8.21. The quantitative estimate of drug-likeness (QED) is 0.146. The molecule has 2 saturated heterocycles. The van der Waals surface area contributed by atoms with Crippen molar-refractivity contribution in [3.8, 4) is 5.75 Å². The Labute approximate surface area is 318 Å². The molecular weight excluding hydrogens is 726 g/mol. The lowest BCUT2D eigenvalue weighted by molar-refractivity contribution is -0.327. The Balaban J connectivity index is 1.03. The maximum atomic E-state index is 13.1. The second-order valence-corrected chi connectivity index (χ2v) is 15.9. The molecular formula is C38H53NO16. The number of rotatable bonds is 11. The summed E-state index contributed by atoms with van der Waals surface area (Å²) in [6, 6.07) is 4.51. The summed E-state index contributed by atoms with van der Waals surface area (Å²) in [5, 5.41) is 65.9. The van der Waals surface area contributed by atoms with E-state index >= 15 is 0 Å². The molecule has 55 heavy (non-hydrogen) atoms. The van der Waals surface area contributed by atoms with Crippen LogP contribution in [-0.2, 0) is 54.0 Å². The Morgan fingerprint density at radius 3 is 2.40 bits per heavy atom. The lowest BCUT2D eigenvalue weighted by atomic mass is 9.55. The molecule has 3 aliphatic carbocycles. The maximum absolute atomic E-state index is 13.1. The number of amides is 1. The van der Waals surface area contributed by atoms with Gasteiger partial charge < -0.3 is 64.4 Å². The van der Waals surface area contributed by atoms with E-state index < -0.39 is 109 Å². The first-order valence-electron chi connectivity index (χ1n) is 18.9. The van der Waals surface area contributed by atoms with Crippen LogP contribution >= 0.6 is 0 Å². The van der Waals surface area contributed by atoms with Crippen LogP contribution in [0, 0.1) is 17.3 Å². The third-order valence-electron chi connectivity index (χ3n) is 12.5. The molecule has 2 aliphatic heterocycles. The number of hydrogen-bond acceptors (Lipinski definition) is 15. The van der Waals surface area contributed by atoms with Crippen molar-refractivity contribution >= 4 is 23.8 Å². The van der Waals surface area contributed by atoms with Gasteiger partial charge >= 0.3 is 17.9 Å². The molecule has 4 fully saturated rings. The fourth-order valence-corrected chi connectivity index (χ4v) is 9.84. The molecule has 0 radical (unpaired) electrons. The van der Waals surface area contributed by atoms with Gasteiger partial charge in [-0.25, -0.2) is 4.79 Å². The van der Waals surface area contributed by atoms with E-state index in [9.17, 15) is 49.8 Å². The maximum Gasteiger partial charge on any atom is 0.335 e. The van der Waals surface area contributed by atoms with E-state index in [2.05, 4.69) is 12.2 Å². The number of carboxylic acid groups (broad SMARTS) is 1. The Morgan fingerprint density at radius 2 is 1.71 bits per heavy atom. The molecule has 0 spiro atoms. The summed E-state index contributed by atoms with van der Waals surface area (Å²) in [6.07, 6.45) is -12.0. The van der Waals surface area contributed by atoms with E-state index in [-0.39, 0.29) is 24.5 Å². The van der Waals surface area contributed by atoms with Crippen molar-refractivity contribution in [3.63, 3.8) is 0 Å². The Hall–Kier alpha value is -3.42.